The van der Waals surface area contributed by atoms with Gasteiger partial charge in [0.15, 0.2) is 0 Å². The number of hydrogen-bond acceptors (Lipinski definition) is 5. The number of pyridine rings is 1. The number of carbonyl (C=O) groups excluding carboxylic acids is 1. The van der Waals surface area contributed by atoms with Crippen molar-refractivity contribution >= 4 is 5.91 Å². The van der Waals surface area contributed by atoms with Gasteiger partial charge >= 0.3 is 0 Å². The Morgan fingerprint density at radius 2 is 2.21 bits per heavy atom. The average Bonchev–Trinajstić information content (AvgIpc) is 2.43. The second kappa shape index (κ2) is 7.18. The number of methoxy groups -OCH3 is 1. The van der Waals surface area contributed by atoms with E-state index >= 15 is 0 Å². The van der Waals surface area contributed by atoms with Crippen molar-refractivity contribution in [1.82, 2.24) is 10.4 Å². The van der Waals surface area contributed by atoms with Gasteiger partial charge in [0.05, 0.1) is 17.9 Å². The Morgan fingerprint density at radius 3 is 2.84 bits per heavy atom. The summed E-state index contributed by atoms with van der Waals surface area (Å²) in [7, 11) is 1.68. The Labute approximate surface area is 113 Å². The van der Waals surface area contributed by atoms with Crippen LogP contribution < -0.4 is 11.3 Å². The lowest BCUT2D eigenvalue weighted by molar-refractivity contribution is -0.0128. The van der Waals surface area contributed by atoms with Crippen molar-refractivity contribution in [3.63, 3.8) is 0 Å². The van der Waals surface area contributed by atoms with Crippen LogP contribution in [0, 0.1) is 0 Å². The van der Waals surface area contributed by atoms with Crippen LogP contribution in [0.3, 0.4) is 0 Å². The van der Waals surface area contributed by atoms with Crippen LogP contribution in [0.4, 0.5) is 0 Å². The first-order valence-electron chi connectivity index (χ1n) is 6.08. The summed E-state index contributed by atoms with van der Waals surface area (Å²) in [6.45, 7) is 4.92. The van der Waals surface area contributed by atoms with E-state index < -0.39 is 5.91 Å². The van der Waals surface area contributed by atoms with Gasteiger partial charge < -0.3 is 9.47 Å². The molecule has 0 radical (unpaired) electrons. The molecule has 0 atom stereocenters. The van der Waals surface area contributed by atoms with Crippen LogP contribution in [0.25, 0.3) is 0 Å². The number of nitrogens with zero attached hydrogens (tertiary/aromatic N) is 1. The van der Waals surface area contributed by atoms with Gasteiger partial charge in [-0.25, -0.2) is 10.8 Å². The monoisotopic (exact) mass is 267 g/mol. The van der Waals surface area contributed by atoms with E-state index in [4.69, 9.17) is 15.3 Å². The van der Waals surface area contributed by atoms with E-state index in [1.54, 1.807) is 25.3 Å². The Bertz CT molecular complexity index is 421. The first-order valence-corrected chi connectivity index (χ1v) is 6.08. The summed E-state index contributed by atoms with van der Waals surface area (Å²) in [6, 6.07) is 5.14. The van der Waals surface area contributed by atoms with E-state index in [0.717, 1.165) is 6.42 Å². The van der Waals surface area contributed by atoms with E-state index in [2.05, 4.69) is 4.98 Å². The molecule has 1 heterocycles. The Balaban J connectivity index is 2.44. The molecule has 0 spiro atoms. The largest absolute Gasteiger partial charge is 0.379 e. The predicted octanol–water partition coefficient (Wildman–Crippen LogP) is 1.02. The molecule has 0 bridgehead atoms. The second-order valence-corrected chi connectivity index (χ2v) is 4.75. The van der Waals surface area contributed by atoms with Crippen LogP contribution in [0.5, 0.6) is 0 Å². The molecule has 19 heavy (non-hydrogen) atoms. The maximum absolute atomic E-state index is 11.3. The molecule has 6 heteroatoms. The van der Waals surface area contributed by atoms with E-state index in [1.807, 2.05) is 19.3 Å². The van der Waals surface area contributed by atoms with Crippen molar-refractivity contribution in [3.8, 4) is 0 Å². The molecular weight excluding hydrogens is 246 g/mol. The van der Waals surface area contributed by atoms with Crippen LogP contribution in [-0.2, 0) is 16.1 Å². The summed E-state index contributed by atoms with van der Waals surface area (Å²) in [4.78, 5) is 15.5. The predicted molar refractivity (Wildman–Crippen MR) is 71.3 cm³/mol. The minimum absolute atomic E-state index is 0.200. The molecule has 0 saturated carbocycles. The Morgan fingerprint density at radius 1 is 1.47 bits per heavy atom. The smallest absolute Gasteiger partial charge is 0.283 e. The fraction of sp³-hybridized carbons (Fsp3) is 0.538. The number of carbonyl (C=O) groups is 1. The molecule has 6 nitrogen and oxygen atoms in total. The summed E-state index contributed by atoms with van der Waals surface area (Å²) in [5.41, 5.74) is 2.81. The molecule has 106 valence electrons. The number of rotatable bonds is 7. The number of ether oxygens (including phenoxy) is 2. The molecule has 3 N–H and O–H groups in total. The molecule has 0 aliphatic carbocycles. The highest BCUT2D eigenvalue weighted by Gasteiger charge is 2.15. The number of nitrogen functional groups attached to an aromatic ring is 1. The molecule has 0 aliphatic heterocycles. The summed E-state index contributed by atoms with van der Waals surface area (Å²) in [6.07, 6.45) is 0.784. The average molecular weight is 267 g/mol. The topological polar surface area (TPSA) is 86.5 Å². The van der Waals surface area contributed by atoms with Crippen LogP contribution >= 0.6 is 0 Å². The zero-order valence-corrected chi connectivity index (χ0v) is 11.6. The summed E-state index contributed by atoms with van der Waals surface area (Å²) in [5, 5.41) is 0. The maximum Gasteiger partial charge on any atom is 0.283 e. The second-order valence-electron chi connectivity index (χ2n) is 4.75. The number of hydrogen-bond donors (Lipinski definition) is 2. The molecule has 0 aliphatic rings. The third-order valence-electron chi connectivity index (χ3n) is 2.82. The first kappa shape index (κ1) is 15.6. The van der Waals surface area contributed by atoms with Crippen LogP contribution in [0.1, 0.15) is 36.5 Å². The zero-order valence-electron chi connectivity index (χ0n) is 11.6. The fourth-order valence-electron chi connectivity index (χ4n) is 1.36. The number of hydrazine groups is 1. The molecule has 0 unspecified atom stereocenters. The molecule has 1 amide bonds. The first-order chi connectivity index (χ1) is 8.98. The van der Waals surface area contributed by atoms with Gasteiger partial charge in [0.2, 0.25) is 0 Å². The maximum atomic E-state index is 11.3. The highest BCUT2D eigenvalue weighted by Crippen LogP contribution is 2.13. The van der Waals surface area contributed by atoms with Gasteiger partial charge in [-0.05, 0) is 32.4 Å². The van der Waals surface area contributed by atoms with E-state index in [9.17, 15) is 4.79 Å². The quantitative estimate of drug-likeness (QED) is 0.333. The lowest BCUT2D eigenvalue weighted by atomic mass is 10.1. The summed E-state index contributed by atoms with van der Waals surface area (Å²) < 4.78 is 10.8. The van der Waals surface area contributed by atoms with Gasteiger partial charge in [-0.2, -0.15) is 0 Å². The normalized spacial score (nSPS) is 11.4. The van der Waals surface area contributed by atoms with Crippen molar-refractivity contribution < 1.29 is 14.3 Å². The minimum Gasteiger partial charge on any atom is -0.379 e. The van der Waals surface area contributed by atoms with Gasteiger partial charge in [-0.3, -0.25) is 10.2 Å². The van der Waals surface area contributed by atoms with Gasteiger partial charge in [0.1, 0.15) is 5.69 Å². The van der Waals surface area contributed by atoms with Crippen molar-refractivity contribution in [2.45, 2.75) is 32.5 Å². The third kappa shape index (κ3) is 5.34. The van der Waals surface area contributed by atoms with Crippen LogP contribution in [0.15, 0.2) is 18.2 Å². The fourth-order valence-corrected chi connectivity index (χ4v) is 1.36. The highest BCUT2D eigenvalue weighted by atomic mass is 16.5. The molecule has 1 aromatic heterocycles. The molecule has 1 aromatic rings. The Kier molecular flexibility index (Phi) is 5.88. The number of aromatic nitrogens is 1. The molecular formula is C13H21N3O3. The number of nitrogens with two attached hydrogens (primary N) is 1. The van der Waals surface area contributed by atoms with Gasteiger partial charge in [-0.1, -0.05) is 6.07 Å². The molecule has 0 fully saturated rings. The zero-order chi connectivity index (χ0) is 14.3. The van der Waals surface area contributed by atoms with E-state index in [0.29, 0.717) is 18.9 Å². The lowest BCUT2D eigenvalue weighted by Gasteiger charge is -2.22. The number of amides is 1. The van der Waals surface area contributed by atoms with E-state index in [-0.39, 0.29) is 11.3 Å². The SMILES string of the molecule is COC(C)(C)CCOCc1cccc(C(=O)NN)n1. The van der Waals surface area contributed by atoms with Gasteiger partial charge in [-0.15, -0.1) is 0 Å². The van der Waals surface area contributed by atoms with E-state index in [1.165, 1.54) is 0 Å². The summed E-state index contributed by atoms with van der Waals surface area (Å²) >= 11 is 0. The third-order valence-corrected chi connectivity index (χ3v) is 2.82. The molecule has 1 rings (SSSR count). The van der Waals surface area contributed by atoms with Crippen LogP contribution in [-0.4, -0.2) is 30.2 Å². The standard InChI is InChI=1S/C13H21N3O3/c1-13(2,18-3)7-8-19-9-10-5-4-6-11(15-10)12(17)16-14/h4-6H,7-9,14H2,1-3H3,(H,16,17). The number of nitrogens with one attached hydrogen (secondary N) is 1. The highest BCUT2D eigenvalue weighted by molar-refractivity contribution is 5.91. The van der Waals surface area contributed by atoms with Crippen molar-refractivity contribution in [2.24, 2.45) is 5.84 Å². The van der Waals surface area contributed by atoms with Gasteiger partial charge in [0, 0.05) is 13.7 Å². The van der Waals surface area contributed by atoms with Gasteiger partial charge in [0.25, 0.3) is 5.91 Å². The minimum atomic E-state index is -0.414. The van der Waals surface area contributed by atoms with Crippen LogP contribution in [0.2, 0.25) is 0 Å². The van der Waals surface area contributed by atoms with Crippen molar-refractivity contribution in [2.75, 3.05) is 13.7 Å². The lowest BCUT2D eigenvalue weighted by Crippen LogP contribution is -2.30. The summed E-state index contributed by atoms with van der Waals surface area (Å²) in [5.74, 6) is 4.64. The molecule has 0 aromatic carbocycles. The van der Waals surface area contributed by atoms with Crippen molar-refractivity contribution in [3.05, 3.63) is 29.6 Å². The molecule has 0 saturated heterocycles. The van der Waals surface area contributed by atoms with Crippen molar-refractivity contribution in [1.29, 1.82) is 0 Å². The Hall–Kier alpha value is -1.50.